The molecule has 0 saturated heterocycles. The molecule has 0 spiro atoms. The average Bonchev–Trinajstić information content (AvgIpc) is 3.03. The van der Waals surface area contributed by atoms with Crippen LogP contribution in [0.2, 0.25) is 0 Å². The highest BCUT2D eigenvalue weighted by Crippen LogP contribution is 2.40. The second kappa shape index (κ2) is 8.10. The highest BCUT2D eigenvalue weighted by molar-refractivity contribution is 7.16. The Morgan fingerprint density at radius 3 is 2.59 bits per heavy atom. The predicted octanol–water partition coefficient (Wildman–Crippen LogP) is 3.99. The van der Waals surface area contributed by atoms with Crippen molar-refractivity contribution in [3.8, 4) is 6.07 Å². The number of carbonyl (C=O) groups is 1. The van der Waals surface area contributed by atoms with Gasteiger partial charge >= 0.3 is 17.9 Å². The number of ether oxygens (including phenoxy) is 1. The Morgan fingerprint density at radius 1 is 1.31 bits per heavy atom. The van der Waals surface area contributed by atoms with E-state index in [1.165, 1.54) is 0 Å². The number of benzene rings is 1. The fourth-order valence-corrected chi connectivity index (χ4v) is 4.40. The van der Waals surface area contributed by atoms with E-state index in [9.17, 15) is 27.6 Å². The lowest BCUT2D eigenvalue weighted by molar-refractivity contribution is -0.305. The number of hydrogen-bond donors (Lipinski definition) is 1. The van der Waals surface area contributed by atoms with Crippen molar-refractivity contribution in [1.82, 2.24) is 4.90 Å². The van der Waals surface area contributed by atoms with Gasteiger partial charge in [-0.2, -0.15) is 22.8 Å². The fourth-order valence-electron chi connectivity index (χ4n) is 3.16. The van der Waals surface area contributed by atoms with E-state index < -0.39 is 17.9 Å². The molecular formula is C19H17F4N3O2S. The second-order valence-corrected chi connectivity index (χ2v) is 7.62. The zero-order chi connectivity index (χ0) is 21.2. The molecule has 0 fully saturated rings. The SMILES string of the molecule is COC(F)(C(=O)Nc1sc2c(c1C#N)CCN(Cc1ccccc1)C2)C(F)(F)F. The Kier molecular flexibility index (Phi) is 5.93. The summed E-state index contributed by atoms with van der Waals surface area (Å²) in [5.41, 5.74) is 1.85. The Bertz CT molecular complexity index is 939. The van der Waals surface area contributed by atoms with E-state index in [1.807, 2.05) is 41.7 Å². The van der Waals surface area contributed by atoms with E-state index in [0.717, 1.165) is 21.8 Å². The van der Waals surface area contributed by atoms with Crippen LogP contribution in [0.15, 0.2) is 30.3 Å². The molecule has 0 bridgehead atoms. The second-order valence-electron chi connectivity index (χ2n) is 6.52. The molecule has 10 heteroatoms. The van der Waals surface area contributed by atoms with Gasteiger partial charge in [0.25, 0.3) is 0 Å². The first-order chi connectivity index (χ1) is 13.7. The molecular weight excluding hydrogens is 410 g/mol. The van der Waals surface area contributed by atoms with Gasteiger partial charge < -0.3 is 10.1 Å². The molecule has 1 atom stereocenters. The smallest absolute Gasteiger partial charge is 0.335 e. The van der Waals surface area contributed by atoms with Gasteiger partial charge in [-0.1, -0.05) is 30.3 Å². The number of rotatable bonds is 5. The van der Waals surface area contributed by atoms with Gasteiger partial charge in [-0.25, -0.2) is 0 Å². The number of hydrogen-bond acceptors (Lipinski definition) is 5. The summed E-state index contributed by atoms with van der Waals surface area (Å²) in [6, 6.07) is 11.7. The molecule has 3 rings (SSSR count). The van der Waals surface area contributed by atoms with Crippen LogP contribution in [0.25, 0.3) is 0 Å². The van der Waals surface area contributed by atoms with Crippen molar-refractivity contribution in [2.45, 2.75) is 31.5 Å². The van der Waals surface area contributed by atoms with Crippen molar-refractivity contribution in [1.29, 1.82) is 5.26 Å². The molecule has 1 aromatic carbocycles. The predicted molar refractivity (Wildman–Crippen MR) is 98.8 cm³/mol. The minimum atomic E-state index is -5.55. The summed E-state index contributed by atoms with van der Waals surface area (Å²) in [4.78, 5) is 14.8. The standard InChI is InChI=1S/C19H17F4N3O2S/c1-28-18(20,19(21,22)23)17(27)25-16-14(9-24)13-7-8-26(11-15(13)29-16)10-12-5-3-2-4-6-12/h2-6H,7-8,10-11H2,1H3,(H,25,27). The van der Waals surface area contributed by atoms with Gasteiger partial charge in [-0.05, 0) is 17.5 Å². The third kappa shape index (κ3) is 4.12. The number of alkyl halides is 4. The van der Waals surface area contributed by atoms with Crippen molar-refractivity contribution < 1.29 is 27.1 Å². The van der Waals surface area contributed by atoms with Crippen LogP contribution in [0.1, 0.15) is 21.6 Å². The normalized spacial score (nSPS) is 16.6. The number of anilines is 1. The molecule has 1 N–H and O–H groups in total. The number of thiophene rings is 1. The van der Waals surface area contributed by atoms with Crippen LogP contribution in [0.5, 0.6) is 0 Å². The number of amides is 1. The molecule has 2 aromatic rings. The Morgan fingerprint density at radius 2 is 2.00 bits per heavy atom. The van der Waals surface area contributed by atoms with Gasteiger partial charge in [0, 0.05) is 31.6 Å². The topological polar surface area (TPSA) is 65.4 Å². The molecule has 1 amide bonds. The lowest BCUT2D eigenvalue weighted by Crippen LogP contribution is -2.52. The first-order valence-electron chi connectivity index (χ1n) is 8.62. The van der Waals surface area contributed by atoms with E-state index in [0.29, 0.717) is 38.7 Å². The lowest BCUT2D eigenvalue weighted by atomic mass is 10.0. The number of nitriles is 1. The third-order valence-corrected chi connectivity index (χ3v) is 5.79. The van der Waals surface area contributed by atoms with Gasteiger partial charge in [0.15, 0.2) is 0 Å². The van der Waals surface area contributed by atoms with Crippen molar-refractivity contribution in [3.05, 3.63) is 51.9 Å². The van der Waals surface area contributed by atoms with Crippen molar-refractivity contribution in [2.75, 3.05) is 19.0 Å². The summed E-state index contributed by atoms with van der Waals surface area (Å²) in [6.45, 7) is 1.80. The molecule has 29 heavy (non-hydrogen) atoms. The van der Waals surface area contributed by atoms with Crippen LogP contribution in [0.3, 0.4) is 0 Å². The summed E-state index contributed by atoms with van der Waals surface area (Å²) in [6.07, 6.45) is -5.05. The monoisotopic (exact) mass is 427 g/mol. The van der Waals surface area contributed by atoms with Gasteiger partial charge in [0.05, 0.1) is 5.56 Å². The lowest BCUT2D eigenvalue weighted by Gasteiger charge is -2.26. The van der Waals surface area contributed by atoms with E-state index >= 15 is 0 Å². The number of fused-ring (bicyclic) bond motifs is 1. The van der Waals surface area contributed by atoms with Gasteiger partial charge in [0.1, 0.15) is 11.1 Å². The molecule has 0 radical (unpaired) electrons. The van der Waals surface area contributed by atoms with E-state index in [4.69, 9.17) is 0 Å². The average molecular weight is 427 g/mol. The molecule has 5 nitrogen and oxygen atoms in total. The number of carbonyl (C=O) groups excluding carboxylic acids is 1. The summed E-state index contributed by atoms with van der Waals surface area (Å²) in [5.74, 6) is -6.51. The Hall–Kier alpha value is -2.48. The third-order valence-electron chi connectivity index (χ3n) is 4.66. The first-order valence-corrected chi connectivity index (χ1v) is 9.44. The number of halogens is 4. The highest BCUT2D eigenvalue weighted by atomic mass is 32.1. The van der Waals surface area contributed by atoms with Crippen molar-refractivity contribution >= 4 is 22.2 Å². The fraction of sp³-hybridized carbons (Fsp3) is 0.368. The zero-order valence-corrected chi connectivity index (χ0v) is 16.2. The largest absolute Gasteiger partial charge is 0.458 e. The van der Waals surface area contributed by atoms with Crippen molar-refractivity contribution in [2.24, 2.45) is 0 Å². The minimum Gasteiger partial charge on any atom is -0.335 e. The van der Waals surface area contributed by atoms with Crippen LogP contribution in [-0.2, 0) is 29.0 Å². The molecule has 1 aliphatic heterocycles. The van der Waals surface area contributed by atoms with Crippen LogP contribution in [0, 0.1) is 11.3 Å². The number of nitrogens with zero attached hydrogens (tertiary/aromatic N) is 2. The van der Waals surface area contributed by atoms with Gasteiger partial charge in [-0.3, -0.25) is 9.69 Å². The zero-order valence-electron chi connectivity index (χ0n) is 15.3. The van der Waals surface area contributed by atoms with Gasteiger partial charge in [0.2, 0.25) is 0 Å². The van der Waals surface area contributed by atoms with Crippen molar-refractivity contribution in [3.63, 3.8) is 0 Å². The maximum absolute atomic E-state index is 14.1. The van der Waals surface area contributed by atoms with Crippen LogP contribution in [-0.4, -0.2) is 36.5 Å². The van der Waals surface area contributed by atoms with Gasteiger partial charge in [-0.15, -0.1) is 11.3 Å². The maximum atomic E-state index is 14.1. The van der Waals surface area contributed by atoms with Crippen LogP contribution < -0.4 is 5.32 Å². The minimum absolute atomic E-state index is 0.0679. The summed E-state index contributed by atoms with van der Waals surface area (Å²) in [7, 11) is 0.458. The van der Waals surface area contributed by atoms with Crippen LogP contribution >= 0.6 is 11.3 Å². The molecule has 154 valence electrons. The summed E-state index contributed by atoms with van der Waals surface area (Å²) >= 11 is 0.981. The van der Waals surface area contributed by atoms with E-state index in [2.05, 4.69) is 9.64 Å². The van der Waals surface area contributed by atoms with E-state index in [-0.39, 0.29) is 10.6 Å². The first kappa shape index (κ1) is 21.2. The maximum Gasteiger partial charge on any atom is 0.458 e. The number of nitrogens with one attached hydrogen (secondary N) is 1. The molecule has 1 aliphatic rings. The number of methoxy groups -OCH3 is 1. The Labute approximate surface area is 168 Å². The quantitative estimate of drug-likeness (QED) is 0.733. The van der Waals surface area contributed by atoms with E-state index in [1.54, 1.807) is 0 Å². The summed E-state index contributed by atoms with van der Waals surface area (Å²) in [5, 5.41) is 11.2. The Balaban J connectivity index is 1.81. The molecule has 0 aliphatic carbocycles. The van der Waals surface area contributed by atoms with Crippen LogP contribution in [0.4, 0.5) is 22.6 Å². The highest BCUT2D eigenvalue weighted by Gasteiger charge is 2.63. The molecule has 1 aromatic heterocycles. The molecule has 1 unspecified atom stereocenters. The molecule has 2 heterocycles. The molecule has 0 saturated carbocycles. The summed E-state index contributed by atoms with van der Waals surface area (Å²) < 4.78 is 56.6.